The highest BCUT2D eigenvalue weighted by molar-refractivity contribution is 5.86. The van der Waals surface area contributed by atoms with Crippen molar-refractivity contribution < 1.29 is 23.9 Å². The van der Waals surface area contributed by atoms with E-state index in [2.05, 4.69) is 20.4 Å². The lowest BCUT2D eigenvalue weighted by Gasteiger charge is -2.44. The first-order valence-corrected chi connectivity index (χ1v) is 9.77. The van der Waals surface area contributed by atoms with Gasteiger partial charge in [0, 0.05) is 19.4 Å². The number of ether oxygens (including phenoxy) is 2. The summed E-state index contributed by atoms with van der Waals surface area (Å²) >= 11 is 0. The van der Waals surface area contributed by atoms with E-state index in [9.17, 15) is 14.4 Å². The normalized spacial score (nSPS) is 31.3. The van der Waals surface area contributed by atoms with E-state index in [4.69, 9.17) is 9.47 Å². The molecule has 2 rings (SSSR count). The zero-order valence-corrected chi connectivity index (χ0v) is 17.3. The van der Waals surface area contributed by atoms with E-state index in [1.165, 1.54) is 13.0 Å². The molecule has 2 aliphatic carbocycles. The van der Waals surface area contributed by atoms with Crippen LogP contribution in [-0.4, -0.2) is 29.9 Å². The molecule has 0 saturated heterocycles. The van der Waals surface area contributed by atoms with Crippen LogP contribution in [0.1, 0.15) is 54.4 Å². The standard InChI is InChI=1S/C22H32O5/c1-11(2)8-20(25)27-19-10-16(12(3)4)22-17(13(19)5)9-18(24)21(22)14(6)26-15(7)23/h8,12,14,16-17,19,21-22H,5,9-10H2,1-4,6-7H3/t14-,16-,17-,19+,21-,22-/m0/s1. The van der Waals surface area contributed by atoms with E-state index in [-0.39, 0.29) is 47.5 Å². The molecule has 0 aromatic heterocycles. The van der Waals surface area contributed by atoms with Crippen molar-refractivity contribution in [3.63, 3.8) is 0 Å². The van der Waals surface area contributed by atoms with Crippen LogP contribution in [-0.2, 0) is 23.9 Å². The number of fused-ring (bicyclic) bond motifs is 1. The quantitative estimate of drug-likeness (QED) is 0.414. The maximum absolute atomic E-state index is 12.8. The maximum atomic E-state index is 12.8. The summed E-state index contributed by atoms with van der Waals surface area (Å²) in [5.41, 5.74) is 1.70. The Labute approximate surface area is 162 Å². The van der Waals surface area contributed by atoms with Crippen molar-refractivity contribution in [1.29, 1.82) is 0 Å². The van der Waals surface area contributed by atoms with Crippen LogP contribution in [0.25, 0.3) is 0 Å². The molecule has 27 heavy (non-hydrogen) atoms. The van der Waals surface area contributed by atoms with Crippen molar-refractivity contribution >= 4 is 17.7 Å². The van der Waals surface area contributed by atoms with Crippen molar-refractivity contribution in [3.8, 4) is 0 Å². The molecule has 0 aromatic rings. The van der Waals surface area contributed by atoms with E-state index < -0.39 is 6.10 Å². The summed E-state index contributed by atoms with van der Waals surface area (Å²) in [6.45, 7) is 15.3. The number of carbonyl (C=O) groups excluding carboxylic acids is 3. The first kappa shape index (κ1) is 21.4. The molecule has 0 heterocycles. The second-order valence-electron chi connectivity index (χ2n) is 8.56. The molecule has 0 radical (unpaired) electrons. The average Bonchev–Trinajstić information content (AvgIpc) is 2.85. The number of hydrogen-bond acceptors (Lipinski definition) is 5. The number of Topliss-reactive ketones (excluding diaryl/α,β-unsaturated/α-hetero) is 1. The number of esters is 2. The Morgan fingerprint density at radius 3 is 2.33 bits per heavy atom. The van der Waals surface area contributed by atoms with Crippen molar-refractivity contribution in [2.75, 3.05) is 0 Å². The minimum absolute atomic E-state index is 0.0360. The molecule has 0 bridgehead atoms. The van der Waals surface area contributed by atoms with E-state index >= 15 is 0 Å². The molecule has 150 valence electrons. The fourth-order valence-corrected chi connectivity index (χ4v) is 4.85. The van der Waals surface area contributed by atoms with Crippen molar-refractivity contribution in [2.24, 2.45) is 29.6 Å². The zero-order valence-electron chi connectivity index (χ0n) is 17.3. The molecular weight excluding hydrogens is 344 g/mol. The van der Waals surface area contributed by atoms with Gasteiger partial charge in [-0.2, -0.15) is 0 Å². The number of rotatable bonds is 5. The Morgan fingerprint density at radius 2 is 1.81 bits per heavy atom. The third kappa shape index (κ3) is 4.69. The number of ketones is 1. The Bertz CT molecular complexity index is 656. The lowest BCUT2D eigenvalue weighted by Crippen LogP contribution is -2.44. The third-order valence-corrected chi connectivity index (χ3v) is 5.92. The second kappa shape index (κ2) is 8.41. The SMILES string of the molecule is C=C1[C@H](OC(=O)C=C(C)C)C[C@@H](C(C)C)[C@@H]2[C@@H]([C@H](C)OC(C)=O)C(=O)C[C@@H]12. The summed E-state index contributed by atoms with van der Waals surface area (Å²) in [4.78, 5) is 36.3. The molecule has 0 unspecified atom stereocenters. The van der Waals surface area contributed by atoms with Crippen LogP contribution in [0.4, 0.5) is 0 Å². The molecule has 0 aliphatic heterocycles. The molecular formula is C22H32O5. The van der Waals surface area contributed by atoms with E-state index in [1.54, 1.807) is 6.92 Å². The first-order valence-electron chi connectivity index (χ1n) is 9.77. The summed E-state index contributed by atoms with van der Waals surface area (Å²) in [5, 5.41) is 0. The van der Waals surface area contributed by atoms with E-state index in [0.717, 1.165) is 11.1 Å². The highest BCUT2D eigenvalue weighted by Crippen LogP contribution is 2.53. The van der Waals surface area contributed by atoms with Crippen molar-refractivity contribution in [1.82, 2.24) is 0 Å². The predicted octanol–water partition coefficient (Wildman–Crippen LogP) is 3.87. The lowest BCUT2D eigenvalue weighted by molar-refractivity contribution is -0.153. The molecule has 0 N–H and O–H groups in total. The fraction of sp³-hybridized carbons (Fsp3) is 0.682. The molecule has 2 aliphatic rings. The number of hydrogen-bond donors (Lipinski definition) is 0. The van der Waals surface area contributed by atoms with Crippen LogP contribution >= 0.6 is 0 Å². The second-order valence-corrected chi connectivity index (χ2v) is 8.56. The van der Waals surface area contributed by atoms with Gasteiger partial charge in [-0.3, -0.25) is 9.59 Å². The first-order chi connectivity index (χ1) is 12.5. The van der Waals surface area contributed by atoms with Crippen molar-refractivity contribution in [3.05, 3.63) is 23.8 Å². The van der Waals surface area contributed by atoms with Crippen LogP contribution in [0.5, 0.6) is 0 Å². The van der Waals surface area contributed by atoms with Gasteiger partial charge in [0.15, 0.2) is 0 Å². The molecule has 6 atom stereocenters. The van der Waals surface area contributed by atoms with Gasteiger partial charge >= 0.3 is 11.9 Å². The molecule has 0 spiro atoms. The third-order valence-electron chi connectivity index (χ3n) is 5.92. The number of carbonyl (C=O) groups is 3. The van der Waals surface area contributed by atoms with Crippen LogP contribution in [0.2, 0.25) is 0 Å². The van der Waals surface area contributed by atoms with Crippen LogP contribution in [0.3, 0.4) is 0 Å². The van der Waals surface area contributed by atoms with Gasteiger partial charge in [0.2, 0.25) is 0 Å². The summed E-state index contributed by atoms with van der Waals surface area (Å²) in [6.07, 6.45) is 1.67. The van der Waals surface area contributed by atoms with Gasteiger partial charge in [-0.05, 0) is 56.4 Å². The molecule has 0 aromatic carbocycles. The number of allylic oxidation sites excluding steroid dienone is 1. The van der Waals surface area contributed by atoms with Gasteiger partial charge in [-0.15, -0.1) is 0 Å². The Hall–Kier alpha value is -1.91. The topological polar surface area (TPSA) is 69.7 Å². The Balaban J connectivity index is 2.28. The summed E-state index contributed by atoms with van der Waals surface area (Å²) < 4.78 is 11.1. The van der Waals surface area contributed by atoms with Crippen molar-refractivity contribution in [2.45, 2.75) is 66.6 Å². The van der Waals surface area contributed by atoms with Gasteiger partial charge < -0.3 is 9.47 Å². The Kier molecular flexibility index (Phi) is 6.66. The molecule has 2 saturated carbocycles. The molecule has 0 amide bonds. The minimum Gasteiger partial charge on any atom is -0.462 e. The molecule has 2 fully saturated rings. The molecule has 5 nitrogen and oxygen atoms in total. The van der Waals surface area contributed by atoms with E-state index in [0.29, 0.717) is 18.8 Å². The van der Waals surface area contributed by atoms with Gasteiger partial charge in [-0.25, -0.2) is 4.79 Å². The summed E-state index contributed by atoms with van der Waals surface area (Å²) in [5.74, 6) is -0.407. The van der Waals surface area contributed by atoms with Crippen LogP contribution in [0, 0.1) is 29.6 Å². The minimum atomic E-state index is -0.455. The summed E-state index contributed by atoms with van der Waals surface area (Å²) in [7, 11) is 0. The van der Waals surface area contributed by atoms with Gasteiger partial charge in [0.05, 0.1) is 5.92 Å². The summed E-state index contributed by atoms with van der Waals surface area (Å²) in [6, 6.07) is 0. The maximum Gasteiger partial charge on any atom is 0.331 e. The highest BCUT2D eigenvalue weighted by Gasteiger charge is 2.55. The zero-order chi connectivity index (χ0) is 20.5. The average molecular weight is 376 g/mol. The predicted molar refractivity (Wildman–Crippen MR) is 103 cm³/mol. The van der Waals surface area contributed by atoms with Gasteiger partial charge in [0.25, 0.3) is 0 Å². The van der Waals surface area contributed by atoms with Crippen LogP contribution in [0.15, 0.2) is 23.8 Å². The largest absolute Gasteiger partial charge is 0.462 e. The highest BCUT2D eigenvalue weighted by atomic mass is 16.5. The van der Waals surface area contributed by atoms with Gasteiger partial charge in [0.1, 0.15) is 18.0 Å². The van der Waals surface area contributed by atoms with Crippen LogP contribution < -0.4 is 0 Å². The fourth-order valence-electron chi connectivity index (χ4n) is 4.85. The molecule has 5 heteroatoms. The van der Waals surface area contributed by atoms with Gasteiger partial charge in [-0.1, -0.05) is 26.0 Å². The Morgan fingerprint density at radius 1 is 1.19 bits per heavy atom. The van der Waals surface area contributed by atoms with E-state index in [1.807, 2.05) is 13.8 Å². The lowest BCUT2D eigenvalue weighted by atomic mass is 9.63. The monoisotopic (exact) mass is 376 g/mol. The smallest absolute Gasteiger partial charge is 0.331 e.